The van der Waals surface area contributed by atoms with Crippen LogP contribution in [0.2, 0.25) is 10.0 Å². The first-order chi connectivity index (χ1) is 20.7. The van der Waals surface area contributed by atoms with Gasteiger partial charge in [-0.3, -0.25) is 4.79 Å². The molecule has 0 aliphatic carbocycles. The summed E-state index contributed by atoms with van der Waals surface area (Å²) in [5.74, 6) is 2.20. The average molecular weight is 632 g/mol. The van der Waals surface area contributed by atoms with Gasteiger partial charge in [-0.15, -0.1) is 0 Å². The van der Waals surface area contributed by atoms with Gasteiger partial charge in [0.1, 0.15) is 23.1 Å². The molecule has 5 rings (SSSR count). The molecular formula is C30H36Cl2N6O5. The predicted octanol–water partition coefficient (Wildman–Crippen LogP) is 4.89. The second-order valence-corrected chi connectivity index (χ2v) is 11.6. The van der Waals surface area contributed by atoms with Crippen LogP contribution in [0.15, 0.2) is 31.0 Å². The van der Waals surface area contributed by atoms with Crippen molar-refractivity contribution in [3.63, 3.8) is 0 Å². The molecule has 2 aliphatic heterocycles. The number of ether oxygens (including phenoxy) is 4. The van der Waals surface area contributed by atoms with Crippen molar-refractivity contribution in [2.24, 2.45) is 0 Å². The number of hydrogen-bond acceptors (Lipinski definition) is 10. The highest BCUT2D eigenvalue weighted by Crippen LogP contribution is 2.46. The van der Waals surface area contributed by atoms with Gasteiger partial charge in [-0.05, 0) is 38.3 Å². The van der Waals surface area contributed by atoms with Gasteiger partial charge in [0.05, 0.1) is 65.8 Å². The third kappa shape index (κ3) is 6.45. The van der Waals surface area contributed by atoms with Crippen LogP contribution in [0.25, 0.3) is 22.3 Å². The van der Waals surface area contributed by atoms with E-state index in [1.165, 1.54) is 20.3 Å². The van der Waals surface area contributed by atoms with Crippen molar-refractivity contribution >= 4 is 51.6 Å². The molecule has 0 radical (unpaired) electrons. The lowest BCUT2D eigenvalue weighted by Gasteiger charge is -2.39. The molecule has 2 N–H and O–H groups in total. The predicted molar refractivity (Wildman–Crippen MR) is 168 cm³/mol. The highest BCUT2D eigenvalue weighted by Gasteiger charge is 2.32. The van der Waals surface area contributed by atoms with Crippen LogP contribution in [0.5, 0.6) is 11.5 Å². The van der Waals surface area contributed by atoms with E-state index in [1.807, 2.05) is 6.07 Å². The second-order valence-electron chi connectivity index (χ2n) is 10.8. The molecule has 230 valence electrons. The minimum absolute atomic E-state index is 0.143. The number of pyridine rings is 1. The highest BCUT2D eigenvalue weighted by atomic mass is 35.5. The molecule has 1 amide bonds. The van der Waals surface area contributed by atoms with Gasteiger partial charge in [0.25, 0.3) is 0 Å². The number of piperidine rings is 1. The van der Waals surface area contributed by atoms with E-state index in [0.717, 1.165) is 31.3 Å². The number of amides is 1. The average Bonchev–Trinajstić information content (AvgIpc) is 3.02. The number of hydrogen-bond donors (Lipinski definition) is 2. The van der Waals surface area contributed by atoms with Crippen LogP contribution in [-0.4, -0.2) is 86.2 Å². The molecular weight excluding hydrogens is 595 g/mol. The maximum Gasteiger partial charge on any atom is 0.243 e. The van der Waals surface area contributed by atoms with E-state index < -0.39 is 0 Å². The van der Waals surface area contributed by atoms with Gasteiger partial charge in [0, 0.05) is 38.3 Å². The van der Waals surface area contributed by atoms with E-state index in [9.17, 15) is 4.79 Å². The number of anilines is 2. The summed E-state index contributed by atoms with van der Waals surface area (Å²) in [5.41, 5.74) is 0.800. The quantitative estimate of drug-likeness (QED) is 0.316. The van der Waals surface area contributed by atoms with Crippen LogP contribution < -0.4 is 25.0 Å². The second kappa shape index (κ2) is 13.1. The van der Waals surface area contributed by atoms with Gasteiger partial charge in [-0.25, -0.2) is 15.0 Å². The first kappa shape index (κ1) is 31.1. The maximum atomic E-state index is 12.0. The molecule has 2 aromatic heterocycles. The highest BCUT2D eigenvalue weighted by molar-refractivity contribution is 6.41. The van der Waals surface area contributed by atoms with Gasteiger partial charge in [0.2, 0.25) is 5.91 Å². The molecule has 0 bridgehead atoms. The number of carbonyl (C=O) groups excluding carboxylic acids is 1. The molecule has 43 heavy (non-hydrogen) atoms. The first-order valence-corrected chi connectivity index (χ1v) is 14.8. The van der Waals surface area contributed by atoms with Crippen molar-refractivity contribution < 1.29 is 23.7 Å². The number of aromatic nitrogens is 3. The maximum absolute atomic E-state index is 12.0. The molecule has 2 aliphatic rings. The van der Waals surface area contributed by atoms with Crippen molar-refractivity contribution in [1.29, 1.82) is 0 Å². The molecule has 4 heterocycles. The summed E-state index contributed by atoms with van der Waals surface area (Å²) in [6.45, 7) is 8.10. The smallest absolute Gasteiger partial charge is 0.243 e. The summed E-state index contributed by atoms with van der Waals surface area (Å²) in [6, 6.07) is 3.22. The molecule has 11 nitrogen and oxygen atoms in total. The summed E-state index contributed by atoms with van der Waals surface area (Å²) in [4.78, 5) is 28.8. The molecule has 2 saturated heterocycles. The molecule has 3 aromatic rings. The molecule has 0 saturated carbocycles. The molecule has 13 heteroatoms. The fourth-order valence-corrected chi connectivity index (χ4v) is 6.08. The zero-order chi connectivity index (χ0) is 30.7. The van der Waals surface area contributed by atoms with Gasteiger partial charge in [-0.1, -0.05) is 29.8 Å². The van der Waals surface area contributed by atoms with E-state index in [0.29, 0.717) is 59.7 Å². The van der Waals surface area contributed by atoms with Crippen LogP contribution in [0.4, 0.5) is 11.6 Å². The summed E-state index contributed by atoms with van der Waals surface area (Å²) in [7, 11) is 4.79. The minimum atomic E-state index is -0.229. The van der Waals surface area contributed by atoms with E-state index in [4.69, 9.17) is 52.1 Å². The van der Waals surface area contributed by atoms with Gasteiger partial charge < -0.3 is 34.5 Å². The fraction of sp³-hybridized carbons (Fsp3) is 0.467. The molecule has 2 fully saturated rings. The Balaban J connectivity index is 1.59. The van der Waals surface area contributed by atoms with Crippen LogP contribution in [0, 0.1) is 0 Å². The minimum Gasteiger partial charge on any atom is -0.495 e. The number of nitrogens with one attached hydrogen (secondary N) is 2. The third-order valence-corrected chi connectivity index (χ3v) is 8.93. The van der Waals surface area contributed by atoms with E-state index >= 15 is 0 Å². The fourth-order valence-electron chi connectivity index (χ4n) is 5.41. The summed E-state index contributed by atoms with van der Waals surface area (Å²) in [5, 5.41) is 7.79. The lowest BCUT2D eigenvalue weighted by atomic mass is 9.93. The SMILES string of the molecule is C=CC(=O)N[C@H]1CCOC[C@H]1Nc1cc2c(N3CCC(C)(OC)CC3)nc(-c3c(Cl)c(OC)cc(OC)c3Cl)nc2cn1. The van der Waals surface area contributed by atoms with Gasteiger partial charge in [0.15, 0.2) is 5.82 Å². The topological polar surface area (TPSA) is 120 Å². The number of rotatable bonds is 9. The number of nitrogens with zero attached hydrogens (tertiary/aromatic N) is 4. The standard InChI is InChI=1S/C30H36Cl2N6O5/c1-6-24(39)35-18-7-12-43-16-20(18)34-23-13-17-19(15-33-23)36-28(25-26(31)21(40-3)14-22(41-4)27(25)32)37-29(17)38-10-8-30(2,42-5)9-11-38/h6,13-15,18,20H,1,7-12,16H2,2-5H3,(H,33,34)(H,35,39)/t18-,20+/m0/s1. The molecule has 0 unspecified atom stereocenters. The Labute approximate surface area is 260 Å². The Morgan fingerprint density at radius 1 is 1.12 bits per heavy atom. The zero-order valence-corrected chi connectivity index (χ0v) is 26.2. The van der Waals surface area contributed by atoms with Crippen LogP contribution in [0.3, 0.4) is 0 Å². The lowest BCUT2D eigenvalue weighted by Crippen LogP contribution is -2.52. The third-order valence-electron chi connectivity index (χ3n) is 8.18. The van der Waals surface area contributed by atoms with E-state index in [1.54, 1.807) is 19.4 Å². The van der Waals surface area contributed by atoms with Crippen molar-refractivity contribution in [2.75, 3.05) is 57.8 Å². The zero-order valence-electron chi connectivity index (χ0n) is 24.7. The van der Waals surface area contributed by atoms with Gasteiger partial charge in [-0.2, -0.15) is 0 Å². The summed E-state index contributed by atoms with van der Waals surface area (Å²) >= 11 is 13.5. The van der Waals surface area contributed by atoms with E-state index in [2.05, 4.69) is 34.0 Å². The lowest BCUT2D eigenvalue weighted by molar-refractivity contribution is -0.117. The Bertz CT molecular complexity index is 1490. The Morgan fingerprint density at radius 2 is 1.81 bits per heavy atom. The monoisotopic (exact) mass is 630 g/mol. The molecule has 2 atom stereocenters. The van der Waals surface area contributed by atoms with Gasteiger partial charge >= 0.3 is 0 Å². The van der Waals surface area contributed by atoms with Crippen LogP contribution in [0.1, 0.15) is 26.2 Å². The van der Waals surface area contributed by atoms with Crippen LogP contribution in [-0.2, 0) is 14.3 Å². The number of carbonyl (C=O) groups is 1. The van der Waals surface area contributed by atoms with Crippen LogP contribution >= 0.6 is 23.2 Å². The van der Waals surface area contributed by atoms with Crippen molar-refractivity contribution in [3.05, 3.63) is 41.0 Å². The summed E-state index contributed by atoms with van der Waals surface area (Å²) < 4.78 is 22.5. The first-order valence-electron chi connectivity index (χ1n) is 14.1. The molecule has 1 aromatic carbocycles. The Kier molecular flexibility index (Phi) is 9.45. The van der Waals surface area contributed by atoms with Crippen molar-refractivity contribution in [3.8, 4) is 22.9 Å². The van der Waals surface area contributed by atoms with Crippen molar-refractivity contribution in [2.45, 2.75) is 43.9 Å². The number of methoxy groups -OCH3 is 3. The largest absolute Gasteiger partial charge is 0.495 e. The normalized spacial score (nSPS) is 20.0. The number of fused-ring (bicyclic) bond motifs is 1. The number of benzene rings is 1. The summed E-state index contributed by atoms with van der Waals surface area (Å²) in [6.07, 6.45) is 5.26. The Morgan fingerprint density at radius 3 is 2.44 bits per heavy atom. The van der Waals surface area contributed by atoms with E-state index in [-0.39, 0.29) is 33.6 Å². The van der Waals surface area contributed by atoms with Crippen molar-refractivity contribution in [1.82, 2.24) is 20.3 Å². The number of halogens is 2. The molecule has 0 spiro atoms. The Hall–Kier alpha value is -3.38.